The van der Waals surface area contributed by atoms with Crippen molar-refractivity contribution in [3.8, 4) is 5.75 Å². The second kappa shape index (κ2) is 5.48. The second-order valence-corrected chi connectivity index (χ2v) is 5.93. The second-order valence-electron chi connectivity index (χ2n) is 5.93. The van der Waals surface area contributed by atoms with Crippen molar-refractivity contribution in [2.24, 2.45) is 11.8 Å². The van der Waals surface area contributed by atoms with E-state index in [1.807, 2.05) is 0 Å². The molecule has 0 spiro atoms. The summed E-state index contributed by atoms with van der Waals surface area (Å²) in [5.74, 6) is -0.183. The normalized spacial score (nSPS) is 19.3. The molecule has 3 heteroatoms. The molecule has 0 bridgehead atoms. The maximum atomic E-state index is 13.9. The van der Waals surface area contributed by atoms with Gasteiger partial charge in [0, 0.05) is 0 Å². The maximum Gasteiger partial charge on any atom is 0.200 e. The van der Waals surface area contributed by atoms with E-state index in [0.717, 1.165) is 25.2 Å². The number of ether oxygens (including phenoxy) is 1. The Morgan fingerprint density at radius 1 is 1.00 bits per heavy atom. The van der Waals surface area contributed by atoms with Gasteiger partial charge in [-0.1, -0.05) is 25.3 Å². The maximum absolute atomic E-state index is 13.9. The molecule has 0 saturated heterocycles. The Kier molecular flexibility index (Phi) is 3.72. The molecule has 0 N–H and O–H groups in total. The lowest BCUT2D eigenvalue weighted by Crippen LogP contribution is -2.15. The SMILES string of the molecule is Fc1c(CC2CC2)ccc(OCCC2CCC2)c1F. The fraction of sp³-hybridized carbons (Fsp3) is 0.625. The molecule has 1 aromatic carbocycles. The van der Waals surface area contributed by atoms with Gasteiger partial charge in [-0.2, -0.15) is 4.39 Å². The molecular formula is C16H20F2O. The third-order valence-electron chi connectivity index (χ3n) is 4.34. The van der Waals surface area contributed by atoms with Gasteiger partial charge in [0.1, 0.15) is 0 Å². The first-order valence-corrected chi connectivity index (χ1v) is 7.33. The predicted molar refractivity (Wildman–Crippen MR) is 70.2 cm³/mol. The monoisotopic (exact) mass is 266 g/mol. The van der Waals surface area contributed by atoms with Crippen molar-refractivity contribution in [2.75, 3.05) is 6.61 Å². The number of halogens is 2. The minimum Gasteiger partial charge on any atom is -0.490 e. The molecule has 1 nitrogen and oxygen atoms in total. The Balaban J connectivity index is 1.58. The van der Waals surface area contributed by atoms with Crippen LogP contribution in [0.4, 0.5) is 8.78 Å². The van der Waals surface area contributed by atoms with Crippen molar-refractivity contribution in [3.05, 3.63) is 29.3 Å². The molecule has 0 aromatic heterocycles. The van der Waals surface area contributed by atoms with E-state index in [9.17, 15) is 8.78 Å². The minimum atomic E-state index is -0.813. The molecule has 0 heterocycles. The molecule has 0 radical (unpaired) electrons. The molecular weight excluding hydrogens is 246 g/mol. The first-order chi connectivity index (χ1) is 9.24. The third-order valence-corrected chi connectivity index (χ3v) is 4.34. The molecule has 0 unspecified atom stereocenters. The Bertz CT molecular complexity index is 450. The van der Waals surface area contributed by atoms with Gasteiger partial charge in [-0.3, -0.25) is 0 Å². The van der Waals surface area contributed by atoms with E-state index in [2.05, 4.69) is 0 Å². The van der Waals surface area contributed by atoms with Gasteiger partial charge in [-0.15, -0.1) is 0 Å². The van der Waals surface area contributed by atoms with Crippen LogP contribution in [0.25, 0.3) is 0 Å². The summed E-state index contributed by atoms with van der Waals surface area (Å²) >= 11 is 0. The van der Waals surface area contributed by atoms with Gasteiger partial charge in [0.15, 0.2) is 11.6 Å². The third kappa shape index (κ3) is 3.07. The first-order valence-electron chi connectivity index (χ1n) is 7.33. The number of hydrogen-bond acceptors (Lipinski definition) is 1. The highest BCUT2D eigenvalue weighted by atomic mass is 19.2. The number of hydrogen-bond donors (Lipinski definition) is 0. The fourth-order valence-corrected chi connectivity index (χ4v) is 2.59. The highest BCUT2D eigenvalue weighted by Crippen LogP contribution is 2.35. The Morgan fingerprint density at radius 2 is 1.79 bits per heavy atom. The molecule has 3 rings (SSSR count). The van der Waals surface area contributed by atoms with Crippen LogP contribution in [0.5, 0.6) is 5.75 Å². The zero-order valence-corrected chi connectivity index (χ0v) is 11.1. The van der Waals surface area contributed by atoms with E-state index < -0.39 is 11.6 Å². The van der Waals surface area contributed by atoms with Crippen molar-refractivity contribution in [2.45, 2.75) is 44.9 Å². The van der Waals surface area contributed by atoms with Crippen molar-refractivity contribution in [3.63, 3.8) is 0 Å². The van der Waals surface area contributed by atoms with E-state index >= 15 is 0 Å². The molecule has 2 aliphatic rings. The predicted octanol–water partition coefficient (Wildman–Crippen LogP) is 4.49. The van der Waals surface area contributed by atoms with Crippen LogP contribution in [-0.2, 0) is 6.42 Å². The van der Waals surface area contributed by atoms with Crippen LogP contribution in [0.15, 0.2) is 12.1 Å². The van der Waals surface area contributed by atoms with Crippen LogP contribution in [-0.4, -0.2) is 6.61 Å². The fourth-order valence-electron chi connectivity index (χ4n) is 2.59. The van der Waals surface area contributed by atoms with Crippen LogP contribution >= 0.6 is 0 Å². The topological polar surface area (TPSA) is 9.23 Å². The molecule has 104 valence electrons. The lowest BCUT2D eigenvalue weighted by Gasteiger charge is -2.25. The Morgan fingerprint density at radius 3 is 2.42 bits per heavy atom. The molecule has 2 fully saturated rings. The summed E-state index contributed by atoms with van der Waals surface area (Å²) in [6.07, 6.45) is 7.68. The highest BCUT2D eigenvalue weighted by molar-refractivity contribution is 5.31. The highest BCUT2D eigenvalue weighted by Gasteiger charge is 2.25. The molecule has 2 saturated carbocycles. The summed E-state index contributed by atoms with van der Waals surface area (Å²) < 4.78 is 33.1. The van der Waals surface area contributed by atoms with Crippen LogP contribution in [0.3, 0.4) is 0 Å². The van der Waals surface area contributed by atoms with Gasteiger partial charge in [0.25, 0.3) is 0 Å². The lowest BCUT2D eigenvalue weighted by molar-refractivity contribution is 0.215. The van der Waals surface area contributed by atoms with Crippen molar-refractivity contribution >= 4 is 0 Å². The Hall–Kier alpha value is -1.12. The summed E-state index contributed by atoms with van der Waals surface area (Å²) in [5.41, 5.74) is 0.492. The summed E-state index contributed by atoms with van der Waals surface area (Å²) in [6.45, 7) is 0.489. The van der Waals surface area contributed by atoms with Gasteiger partial charge < -0.3 is 4.74 Å². The van der Waals surface area contributed by atoms with Crippen LogP contribution in [0.2, 0.25) is 0 Å². The molecule has 19 heavy (non-hydrogen) atoms. The summed E-state index contributed by atoms with van der Waals surface area (Å²) in [4.78, 5) is 0. The largest absolute Gasteiger partial charge is 0.490 e. The molecule has 1 aromatic rings. The Labute approximate surface area is 113 Å². The number of rotatable bonds is 6. The average molecular weight is 266 g/mol. The zero-order chi connectivity index (χ0) is 13.2. The minimum absolute atomic E-state index is 0.0661. The van der Waals surface area contributed by atoms with E-state index in [0.29, 0.717) is 24.5 Å². The van der Waals surface area contributed by atoms with Crippen molar-refractivity contribution in [1.82, 2.24) is 0 Å². The summed E-state index contributed by atoms with van der Waals surface area (Å²) in [7, 11) is 0. The standard InChI is InChI=1S/C16H20F2O/c17-15-13(10-12-4-5-12)6-7-14(16(15)18)19-9-8-11-2-1-3-11/h6-7,11-12H,1-5,8-10H2. The smallest absolute Gasteiger partial charge is 0.200 e. The summed E-state index contributed by atoms with van der Waals surface area (Å²) in [6, 6.07) is 3.26. The number of benzene rings is 1. The zero-order valence-electron chi connectivity index (χ0n) is 11.1. The van der Waals surface area contributed by atoms with Gasteiger partial charge in [0.2, 0.25) is 5.82 Å². The van der Waals surface area contributed by atoms with Crippen LogP contribution in [0, 0.1) is 23.5 Å². The van der Waals surface area contributed by atoms with Gasteiger partial charge >= 0.3 is 0 Å². The van der Waals surface area contributed by atoms with E-state index in [-0.39, 0.29) is 5.75 Å². The van der Waals surface area contributed by atoms with Gasteiger partial charge in [-0.25, -0.2) is 4.39 Å². The molecule has 2 aliphatic carbocycles. The lowest BCUT2D eigenvalue weighted by atomic mass is 9.83. The molecule has 0 amide bonds. The van der Waals surface area contributed by atoms with Crippen molar-refractivity contribution < 1.29 is 13.5 Å². The van der Waals surface area contributed by atoms with Gasteiger partial charge in [0.05, 0.1) is 6.61 Å². The van der Waals surface area contributed by atoms with E-state index in [1.165, 1.54) is 19.3 Å². The van der Waals surface area contributed by atoms with E-state index in [4.69, 9.17) is 4.74 Å². The molecule has 0 atom stereocenters. The van der Waals surface area contributed by atoms with Gasteiger partial charge in [-0.05, 0) is 49.1 Å². The van der Waals surface area contributed by atoms with Crippen molar-refractivity contribution in [1.29, 1.82) is 0 Å². The van der Waals surface area contributed by atoms with Crippen LogP contribution in [0.1, 0.15) is 44.1 Å². The first kappa shape index (κ1) is 12.9. The van der Waals surface area contributed by atoms with Crippen LogP contribution < -0.4 is 4.74 Å². The van der Waals surface area contributed by atoms with E-state index in [1.54, 1.807) is 12.1 Å². The summed E-state index contributed by atoms with van der Waals surface area (Å²) in [5, 5.41) is 0. The quantitative estimate of drug-likeness (QED) is 0.737. The molecule has 0 aliphatic heterocycles. The average Bonchev–Trinajstić information content (AvgIpc) is 3.15.